The zero-order valence-electron chi connectivity index (χ0n) is 41.3. The largest absolute Gasteiger partial charge is 0.507 e. The second kappa shape index (κ2) is 16.0. The number of benzene rings is 7. The Hall–Kier alpha value is -7.04. The molecule has 9 aromatic rings. The van der Waals surface area contributed by atoms with Gasteiger partial charge in [-0.05, 0) is 141 Å². The third-order valence-corrected chi connectivity index (χ3v) is 12.1. The van der Waals surface area contributed by atoms with E-state index >= 15 is 0 Å². The molecule has 0 atom stereocenters. The van der Waals surface area contributed by atoms with Crippen LogP contribution in [0.1, 0.15) is 74.8 Å². The highest BCUT2D eigenvalue weighted by Gasteiger charge is 2.25. The van der Waals surface area contributed by atoms with Crippen LogP contribution in [-0.2, 0) is 10.8 Å². The highest BCUT2D eigenvalue weighted by atomic mass is 16.3. The van der Waals surface area contributed by atoms with Gasteiger partial charge < -0.3 is 5.11 Å². The standard InChI is InChI=1S/C59H55N3O/c1-37-29-39(3)56(63)51(30-37)57-61-55-48(44-32-45(34-47(33-44)59(7,8)9)52-35-43(27-28-60-52)40-17-12-10-13-18-40)21-16-22-53(55)62(57)54-31-38(2)49(36-50(54)41-19-14-11-15-20-41)42-23-25-46(26-24-42)58(4,5)6/h10-36,63H,1-9H3/i2D3,10D. The number of fused-ring (bicyclic) bond motifs is 1. The monoisotopic (exact) mass is 825 g/mol. The lowest BCUT2D eigenvalue weighted by atomic mass is 9.83. The summed E-state index contributed by atoms with van der Waals surface area (Å²) in [5.41, 5.74) is 15.2. The molecule has 4 nitrogen and oxygen atoms in total. The topological polar surface area (TPSA) is 50.9 Å². The Morgan fingerprint density at radius 3 is 1.95 bits per heavy atom. The molecule has 0 unspecified atom stereocenters. The molecule has 0 amide bonds. The molecular formula is C59H55N3O. The van der Waals surface area contributed by atoms with Crippen molar-refractivity contribution in [1.82, 2.24) is 14.5 Å². The van der Waals surface area contributed by atoms with Crippen LogP contribution in [-0.4, -0.2) is 19.6 Å². The number of hydrogen-bond donors (Lipinski definition) is 1. The molecule has 63 heavy (non-hydrogen) atoms. The predicted molar refractivity (Wildman–Crippen MR) is 265 cm³/mol. The maximum atomic E-state index is 11.9. The lowest BCUT2D eigenvalue weighted by molar-refractivity contribution is 0.472. The molecular weight excluding hydrogens is 767 g/mol. The molecule has 0 saturated carbocycles. The summed E-state index contributed by atoms with van der Waals surface area (Å²) >= 11 is 0. The molecule has 0 spiro atoms. The van der Waals surface area contributed by atoms with E-state index in [1.54, 1.807) is 12.1 Å². The normalized spacial score (nSPS) is 13.1. The van der Waals surface area contributed by atoms with E-state index < -0.39 is 6.85 Å². The number of nitrogens with zero attached hydrogens (tertiary/aromatic N) is 3. The number of pyridine rings is 1. The van der Waals surface area contributed by atoms with E-state index in [-0.39, 0.29) is 22.1 Å². The van der Waals surface area contributed by atoms with Gasteiger partial charge in [0.25, 0.3) is 0 Å². The van der Waals surface area contributed by atoms with Gasteiger partial charge in [0.2, 0.25) is 0 Å². The lowest BCUT2D eigenvalue weighted by Crippen LogP contribution is -2.11. The molecule has 0 fully saturated rings. The molecule has 0 aliphatic heterocycles. The number of phenolic OH excluding ortho intramolecular Hbond substituents is 1. The molecule has 2 aromatic heterocycles. The van der Waals surface area contributed by atoms with Gasteiger partial charge in [0.1, 0.15) is 11.6 Å². The Kier molecular flexibility index (Phi) is 9.30. The molecule has 4 heteroatoms. The number of para-hydroxylation sites is 1. The zero-order valence-corrected chi connectivity index (χ0v) is 37.3. The molecule has 0 radical (unpaired) electrons. The summed E-state index contributed by atoms with van der Waals surface area (Å²) in [7, 11) is 0. The van der Waals surface area contributed by atoms with E-state index in [4.69, 9.17) is 15.5 Å². The summed E-state index contributed by atoms with van der Waals surface area (Å²) in [6.07, 6.45) is 1.83. The first-order valence-corrected chi connectivity index (χ1v) is 21.6. The fourth-order valence-corrected chi connectivity index (χ4v) is 8.61. The summed E-state index contributed by atoms with van der Waals surface area (Å²) in [6.45, 7) is 14.5. The highest BCUT2D eigenvalue weighted by Crippen LogP contribution is 2.44. The van der Waals surface area contributed by atoms with Gasteiger partial charge in [-0.2, -0.15) is 0 Å². The molecule has 312 valence electrons. The van der Waals surface area contributed by atoms with Crippen molar-refractivity contribution in [3.8, 4) is 78.6 Å². The maximum Gasteiger partial charge on any atom is 0.149 e. The maximum absolute atomic E-state index is 11.9. The van der Waals surface area contributed by atoms with E-state index in [0.717, 1.165) is 72.4 Å². The van der Waals surface area contributed by atoms with Crippen LogP contribution in [0.25, 0.3) is 83.9 Å². The van der Waals surface area contributed by atoms with Gasteiger partial charge in [-0.3, -0.25) is 9.55 Å². The van der Waals surface area contributed by atoms with E-state index in [9.17, 15) is 5.11 Å². The zero-order chi connectivity index (χ0) is 47.6. The highest BCUT2D eigenvalue weighted by molar-refractivity contribution is 5.98. The van der Waals surface area contributed by atoms with Crippen LogP contribution in [0.5, 0.6) is 5.75 Å². The van der Waals surface area contributed by atoms with Gasteiger partial charge in [-0.1, -0.05) is 151 Å². The number of rotatable bonds is 7. The van der Waals surface area contributed by atoms with Crippen LogP contribution in [0, 0.1) is 20.7 Å². The van der Waals surface area contributed by atoms with E-state index in [2.05, 4.69) is 84.0 Å². The van der Waals surface area contributed by atoms with E-state index in [0.29, 0.717) is 39.8 Å². The van der Waals surface area contributed by atoms with Gasteiger partial charge in [-0.15, -0.1) is 0 Å². The fourth-order valence-electron chi connectivity index (χ4n) is 8.61. The first kappa shape index (κ1) is 36.6. The van der Waals surface area contributed by atoms with Gasteiger partial charge in [-0.25, -0.2) is 4.98 Å². The Morgan fingerprint density at radius 2 is 1.24 bits per heavy atom. The average molecular weight is 826 g/mol. The molecule has 1 N–H and O–H groups in total. The number of hydrogen-bond acceptors (Lipinski definition) is 3. The first-order valence-electron chi connectivity index (χ1n) is 23.6. The first-order chi connectivity index (χ1) is 31.7. The van der Waals surface area contributed by atoms with Crippen molar-refractivity contribution in [3.63, 3.8) is 0 Å². The Labute approximate surface area is 378 Å². The fraction of sp³-hybridized carbons (Fsp3) is 0.186. The van der Waals surface area contributed by atoms with Crippen LogP contribution in [0.2, 0.25) is 0 Å². The SMILES string of the molecule is [2H]c1ccc(-c2ccnc(-c3cc(-c4cccc5c4nc(-c4cc(C)cc(C)c4O)n5-c4cc(C([2H])([2H])[2H])c(-c5ccc(C(C)(C)C)cc5)cc4-c4ccccc4)cc(C(C)(C)C)c3)c2)cc1. The quantitative estimate of drug-likeness (QED) is 0.174. The van der Waals surface area contributed by atoms with Gasteiger partial charge in [0.05, 0.1) is 29.3 Å². The Morgan fingerprint density at radius 1 is 0.540 bits per heavy atom. The minimum Gasteiger partial charge on any atom is -0.507 e. The molecule has 7 aromatic carbocycles. The number of aromatic hydroxyl groups is 1. The summed E-state index contributed by atoms with van der Waals surface area (Å²) in [5.74, 6) is 0.597. The number of aromatic nitrogens is 3. The van der Waals surface area contributed by atoms with Crippen LogP contribution < -0.4 is 0 Å². The van der Waals surface area contributed by atoms with Crippen LogP contribution >= 0.6 is 0 Å². The second-order valence-corrected chi connectivity index (χ2v) is 18.8. The van der Waals surface area contributed by atoms with Crippen molar-refractivity contribution >= 4 is 11.0 Å². The Bertz CT molecular complexity index is 3320. The van der Waals surface area contributed by atoms with Gasteiger partial charge in [0, 0.05) is 27.0 Å². The summed E-state index contributed by atoms with van der Waals surface area (Å²) < 4.78 is 37.1. The van der Waals surface area contributed by atoms with Crippen LogP contribution in [0.15, 0.2) is 164 Å². The van der Waals surface area contributed by atoms with Crippen molar-refractivity contribution in [2.24, 2.45) is 0 Å². The van der Waals surface area contributed by atoms with Crippen molar-refractivity contribution in [3.05, 3.63) is 192 Å². The third-order valence-electron chi connectivity index (χ3n) is 12.1. The number of aryl methyl sites for hydroxylation is 3. The summed E-state index contributed by atoms with van der Waals surface area (Å²) in [4.78, 5) is 10.4. The van der Waals surface area contributed by atoms with Gasteiger partial charge in [0.15, 0.2) is 0 Å². The van der Waals surface area contributed by atoms with E-state index in [1.807, 2.05) is 122 Å². The summed E-state index contributed by atoms with van der Waals surface area (Å²) in [5, 5.41) is 11.9. The minimum absolute atomic E-state index is 0.0735. The average Bonchev–Trinajstić information content (AvgIpc) is 3.69. The molecule has 0 aliphatic rings. The molecule has 0 bridgehead atoms. The number of imidazole rings is 1. The van der Waals surface area contributed by atoms with Crippen molar-refractivity contribution in [2.75, 3.05) is 0 Å². The molecule has 2 heterocycles. The van der Waals surface area contributed by atoms with Crippen LogP contribution in [0.3, 0.4) is 0 Å². The molecule has 0 aliphatic carbocycles. The Balaban J connectivity index is 1.35. The second-order valence-electron chi connectivity index (χ2n) is 18.8. The molecule has 9 rings (SSSR count). The van der Waals surface area contributed by atoms with Crippen molar-refractivity contribution in [1.29, 1.82) is 0 Å². The minimum atomic E-state index is -2.48. The third kappa shape index (κ3) is 7.98. The number of phenols is 1. The van der Waals surface area contributed by atoms with Crippen LogP contribution in [0.4, 0.5) is 0 Å². The molecule has 0 saturated heterocycles. The smallest absolute Gasteiger partial charge is 0.149 e. The summed E-state index contributed by atoms with van der Waals surface area (Å²) in [6, 6.07) is 50.8. The van der Waals surface area contributed by atoms with E-state index in [1.165, 1.54) is 0 Å². The predicted octanol–water partition coefficient (Wildman–Crippen LogP) is 15.6. The van der Waals surface area contributed by atoms with Crippen molar-refractivity contribution < 1.29 is 10.6 Å². The van der Waals surface area contributed by atoms with Gasteiger partial charge >= 0.3 is 0 Å². The van der Waals surface area contributed by atoms with Crippen molar-refractivity contribution in [2.45, 2.75) is 73.1 Å². The lowest BCUT2D eigenvalue weighted by Gasteiger charge is -2.22.